The zero-order valence-corrected chi connectivity index (χ0v) is 18.6. The highest BCUT2D eigenvalue weighted by Crippen LogP contribution is 2.44. The molecule has 7 heteroatoms. The van der Waals surface area contributed by atoms with Crippen LogP contribution in [0, 0.1) is 11.8 Å². The number of aliphatic carboxylic acids is 1. The van der Waals surface area contributed by atoms with Crippen LogP contribution in [-0.4, -0.2) is 42.3 Å². The summed E-state index contributed by atoms with van der Waals surface area (Å²) in [5.74, 6) is 2.87. The van der Waals surface area contributed by atoms with Gasteiger partial charge in [-0.1, -0.05) is 66.1 Å². The van der Waals surface area contributed by atoms with Gasteiger partial charge in [0.2, 0.25) is 0 Å². The van der Waals surface area contributed by atoms with Gasteiger partial charge in [-0.2, -0.15) is 0 Å². The Kier molecular flexibility index (Phi) is 7.87. The third kappa shape index (κ3) is 6.23. The normalized spacial score (nSPS) is 12.3. The number of nitrogens with one attached hydrogen (secondary N) is 2. The van der Waals surface area contributed by atoms with Gasteiger partial charge in [-0.3, -0.25) is 4.79 Å². The minimum absolute atomic E-state index is 0.0474. The van der Waals surface area contributed by atoms with Crippen LogP contribution in [0.15, 0.2) is 60.2 Å². The molecule has 0 aliphatic heterocycles. The maximum Gasteiger partial charge on any atom is 0.407 e. The lowest BCUT2D eigenvalue weighted by Gasteiger charge is -2.14. The van der Waals surface area contributed by atoms with E-state index in [9.17, 15) is 19.5 Å². The van der Waals surface area contributed by atoms with Crippen LogP contribution in [0.1, 0.15) is 37.3 Å². The minimum Gasteiger partial charge on any atom is -0.480 e. The van der Waals surface area contributed by atoms with Crippen molar-refractivity contribution in [3.63, 3.8) is 0 Å². The van der Waals surface area contributed by atoms with E-state index in [0.717, 1.165) is 27.8 Å². The van der Waals surface area contributed by atoms with Crippen LogP contribution in [0.3, 0.4) is 0 Å². The number of alkyl carbamates (subject to hydrolysis) is 1. The number of hydrogen-bond acceptors (Lipinski definition) is 4. The van der Waals surface area contributed by atoms with Crippen LogP contribution in [0.5, 0.6) is 0 Å². The first-order valence-corrected chi connectivity index (χ1v) is 10.6. The number of carboxylic acid groups (broad SMARTS) is 1. The molecule has 0 aromatic heterocycles. The highest BCUT2D eigenvalue weighted by atomic mass is 16.5. The molecule has 0 fully saturated rings. The molecule has 33 heavy (non-hydrogen) atoms. The first kappa shape index (κ1) is 23.6. The van der Waals surface area contributed by atoms with E-state index in [1.807, 2.05) is 50.2 Å². The van der Waals surface area contributed by atoms with E-state index in [1.165, 1.54) is 0 Å². The topological polar surface area (TPSA) is 105 Å². The molecule has 2 aromatic carbocycles. The van der Waals surface area contributed by atoms with Crippen LogP contribution in [0.4, 0.5) is 4.79 Å². The molecular formula is C26H26N2O5. The van der Waals surface area contributed by atoms with Gasteiger partial charge in [0, 0.05) is 5.92 Å². The fourth-order valence-corrected chi connectivity index (χ4v) is 3.66. The molecule has 1 aliphatic carbocycles. The summed E-state index contributed by atoms with van der Waals surface area (Å²) in [5, 5.41) is 14.0. The molecule has 7 nitrogen and oxygen atoms in total. The summed E-state index contributed by atoms with van der Waals surface area (Å²) in [4.78, 5) is 35.2. The van der Waals surface area contributed by atoms with E-state index in [4.69, 9.17) is 4.74 Å². The Morgan fingerprint density at radius 3 is 2.24 bits per heavy atom. The third-order valence-electron chi connectivity index (χ3n) is 5.23. The Bertz CT molecular complexity index is 1090. The van der Waals surface area contributed by atoms with Gasteiger partial charge in [0.25, 0.3) is 5.91 Å². The third-order valence-corrected chi connectivity index (χ3v) is 5.23. The van der Waals surface area contributed by atoms with Crippen molar-refractivity contribution in [1.82, 2.24) is 10.6 Å². The van der Waals surface area contributed by atoms with Crippen LogP contribution >= 0.6 is 0 Å². The number of rotatable bonds is 7. The molecule has 0 saturated heterocycles. The van der Waals surface area contributed by atoms with E-state index < -0.39 is 24.0 Å². The van der Waals surface area contributed by atoms with Crippen LogP contribution in [0.2, 0.25) is 0 Å². The highest BCUT2D eigenvalue weighted by molar-refractivity contribution is 5.96. The predicted molar refractivity (Wildman–Crippen MR) is 124 cm³/mol. The average Bonchev–Trinajstić information content (AvgIpc) is 3.11. The van der Waals surface area contributed by atoms with Gasteiger partial charge in [0.1, 0.15) is 12.6 Å². The first-order valence-electron chi connectivity index (χ1n) is 10.6. The predicted octanol–water partition coefficient (Wildman–Crippen LogP) is 3.45. The zero-order valence-electron chi connectivity index (χ0n) is 18.6. The van der Waals surface area contributed by atoms with E-state index in [2.05, 4.69) is 34.6 Å². The molecule has 1 atom stereocenters. The molecule has 0 bridgehead atoms. The number of carbonyl (C=O) groups excluding carboxylic acids is 2. The monoisotopic (exact) mass is 446 g/mol. The van der Waals surface area contributed by atoms with Crippen molar-refractivity contribution in [2.45, 2.75) is 32.2 Å². The van der Waals surface area contributed by atoms with Crippen molar-refractivity contribution in [3.8, 4) is 23.0 Å². The smallest absolute Gasteiger partial charge is 0.407 e. The van der Waals surface area contributed by atoms with Crippen molar-refractivity contribution in [3.05, 3.63) is 71.3 Å². The van der Waals surface area contributed by atoms with Crippen molar-refractivity contribution in [2.75, 3.05) is 13.2 Å². The summed E-state index contributed by atoms with van der Waals surface area (Å²) in [7, 11) is 0. The largest absolute Gasteiger partial charge is 0.480 e. The lowest BCUT2D eigenvalue weighted by atomic mass is 9.98. The second-order valence-corrected chi connectivity index (χ2v) is 7.86. The van der Waals surface area contributed by atoms with Crippen molar-refractivity contribution in [2.24, 2.45) is 0 Å². The molecule has 3 N–H and O–H groups in total. The zero-order chi connectivity index (χ0) is 23.8. The van der Waals surface area contributed by atoms with Crippen molar-refractivity contribution >= 4 is 18.0 Å². The lowest BCUT2D eigenvalue weighted by Crippen LogP contribution is -2.39. The van der Waals surface area contributed by atoms with E-state index >= 15 is 0 Å². The van der Waals surface area contributed by atoms with Gasteiger partial charge in [-0.05, 0) is 48.4 Å². The Morgan fingerprint density at radius 1 is 1.06 bits per heavy atom. The fourth-order valence-electron chi connectivity index (χ4n) is 3.66. The van der Waals surface area contributed by atoms with Crippen LogP contribution < -0.4 is 10.6 Å². The summed E-state index contributed by atoms with van der Waals surface area (Å²) in [6.45, 7) is 3.76. The molecule has 1 aliphatic rings. The molecule has 0 radical (unpaired) electrons. The molecule has 0 heterocycles. The summed E-state index contributed by atoms with van der Waals surface area (Å²) in [6.07, 6.45) is 1.26. The molecule has 0 saturated carbocycles. The molecule has 2 amide bonds. The highest BCUT2D eigenvalue weighted by Gasteiger charge is 2.28. The van der Waals surface area contributed by atoms with Crippen LogP contribution in [0.25, 0.3) is 11.1 Å². The van der Waals surface area contributed by atoms with Crippen molar-refractivity contribution < 1.29 is 24.2 Å². The van der Waals surface area contributed by atoms with E-state index in [-0.39, 0.29) is 25.5 Å². The number of fused-ring (bicyclic) bond motifs is 3. The van der Waals surface area contributed by atoms with Gasteiger partial charge in [0.05, 0.1) is 6.54 Å². The number of carbonyl (C=O) groups is 3. The Morgan fingerprint density at radius 2 is 1.67 bits per heavy atom. The quantitative estimate of drug-likeness (QED) is 0.446. The molecular weight excluding hydrogens is 420 g/mol. The molecule has 2 aromatic rings. The van der Waals surface area contributed by atoms with Gasteiger partial charge in [-0.25, -0.2) is 9.59 Å². The van der Waals surface area contributed by atoms with Gasteiger partial charge >= 0.3 is 12.1 Å². The van der Waals surface area contributed by atoms with Gasteiger partial charge < -0.3 is 20.5 Å². The Balaban J connectivity index is 1.48. The Hall–Kier alpha value is -4.05. The minimum atomic E-state index is -1.14. The maximum atomic E-state index is 12.1. The molecule has 1 unspecified atom stereocenters. The average molecular weight is 447 g/mol. The second-order valence-electron chi connectivity index (χ2n) is 7.86. The standard InChI is InChI=1S/C26H26N2O5/c1-17(2)13-14-23(25(30)31)28-24(29)12-7-15-27-26(32)33-16-22-20-10-5-3-8-18(20)19-9-4-6-11-21(19)22/h3-6,8-11,13,22-23H,14-16H2,1-2H3,(H,27,32)(H,28,29)(H,30,31). The molecule has 3 rings (SSSR count). The van der Waals surface area contributed by atoms with Gasteiger partial charge in [0.15, 0.2) is 0 Å². The fraction of sp³-hybridized carbons (Fsp3) is 0.269. The summed E-state index contributed by atoms with van der Waals surface area (Å²) in [6, 6.07) is 15.0. The second kappa shape index (κ2) is 11.0. The van der Waals surface area contributed by atoms with E-state index in [0.29, 0.717) is 0 Å². The molecule has 0 spiro atoms. The number of benzene rings is 2. The number of hydrogen-bond donors (Lipinski definition) is 3. The summed E-state index contributed by atoms with van der Waals surface area (Å²) < 4.78 is 5.39. The number of allylic oxidation sites excluding steroid dienone is 1. The lowest BCUT2D eigenvalue weighted by molar-refractivity contribution is -0.141. The number of ether oxygens (including phenoxy) is 1. The van der Waals surface area contributed by atoms with Crippen molar-refractivity contribution in [1.29, 1.82) is 0 Å². The Labute approximate surface area is 192 Å². The number of carboxylic acids is 1. The van der Waals surface area contributed by atoms with Crippen LogP contribution in [-0.2, 0) is 14.3 Å². The number of amides is 2. The van der Waals surface area contributed by atoms with E-state index in [1.54, 1.807) is 6.08 Å². The first-order chi connectivity index (χ1) is 15.9. The molecule has 170 valence electrons. The van der Waals surface area contributed by atoms with Gasteiger partial charge in [-0.15, -0.1) is 0 Å². The summed E-state index contributed by atoms with van der Waals surface area (Å²) in [5.41, 5.74) is 5.47. The summed E-state index contributed by atoms with van der Waals surface area (Å²) >= 11 is 0. The maximum absolute atomic E-state index is 12.1. The SMILES string of the molecule is CC(C)=CCC(NC(=O)C#CCNC(=O)OCC1c2ccccc2-c2ccccc21)C(=O)O.